The van der Waals surface area contributed by atoms with E-state index in [1.807, 2.05) is 91.0 Å². The molecule has 2 unspecified atom stereocenters. The highest BCUT2D eigenvalue weighted by atomic mass is 16.5. The van der Waals surface area contributed by atoms with Crippen LogP contribution in [0.3, 0.4) is 0 Å². The maximum atomic E-state index is 13.5. The van der Waals surface area contributed by atoms with Crippen LogP contribution in [0.1, 0.15) is 23.1 Å². The Bertz CT molecular complexity index is 946. The maximum absolute atomic E-state index is 13.5. The first-order chi connectivity index (χ1) is 14.7. The smallest absolute Gasteiger partial charge is 0.327 e. The second kappa shape index (κ2) is 9.24. The third-order valence-electron chi connectivity index (χ3n) is 5.76. The Balaban J connectivity index is 1.62. The van der Waals surface area contributed by atoms with Gasteiger partial charge in [-0.1, -0.05) is 91.0 Å². The van der Waals surface area contributed by atoms with Crippen LogP contribution in [-0.2, 0) is 29.1 Å². The Kier molecular flexibility index (Phi) is 6.26. The van der Waals surface area contributed by atoms with Crippen molar-refractivity contribution >= 4 is 5.97 Å². The molecule has 4 heteroatoms. The summed E-state index contributed by atoms with van der Waals surface area (Å²) in [4.78, 5) is 15.6. The van der Waals surface area contributed by atoms with Crippen molar-refractivity contribution in [3.63, 3.8) is 0 Å². The molecule has 0 saturated carbocycles. The van der Waals surface area contributed by atoms with Gasteiger partial charge in [0.15, 0.2) is 0 Å². The van der Waals surface area contributed by atoms with Gasteiger partial charge in [-0.25, -0.2) is 0 Å². The van der Waals surface area contributed by atoms with E-state index in [1.165, 1.54) is 0 Å². The molecule has 0 amide bonds. The quantitative estimate of drug-likeness (QED) is 0.609. The normalized spacial score (nSPS) is 21.4. The third-order valence-corrected chi connectivity index (χ3v) is 5.76. The average Bonchev–Trinajstić information content (AvgIpc) is 3.09. The van der Waals surface area contributed by atoms with Crippen LogP contribution in [0.2, 0.25) is 0 Å². The highest BCUT2D eigenvalue weighted by molar-refractivity contribution is 5.82. The van der Waals surface area contributed by atoms with Gasteiger partial charge in [0.1, 0.15) is 12.1 Å². The van der Waals surface area contributed by atoms with Gasteiger partial charge in [-0.3, -0.25) is 9.69 Å². The molecule has 0 spiro atoms. The first kappa shape index (κ1) is 20.3. The van der Waals surface area contributed by atoms with Crippen LogP contribution in [0.25, 0.3) is 0 Å². The number of aliphatic hydroxyl groups is 1. The van der Waals surface area contributed by atoms with Crippen LogP contribution < -0.4 is 0 Å². The topological polar surface area (TPSA) is 49.8 Å². The number of esters is 1. The Morgan fingerprint density at radius 3 is 2.00 bits per heavy atom. The van der Waals surface area contributed by atoms with E-state index in [4.69, 9.17) is 4.74 Å². The van der Waals surface area contributed by atoms with E-state index < -0.39 is 11.6 Å². The minimum atomic E-state index is -0.897. The van der Waals surface area contributed by atoms with E-state index in [0.29, 0.717) is 25.9 Å². The predicted octanol–water partition coefficient (Wildman–Crippen LogP) is 3.98. The standard InChI is InChI=1S/C26H27NO3/c28-24-17-26(16-21-10-4-1-5-11-21,25(29)30-20-23-14-8-3-9-15-23)27(19-24)18-22-12-6-2-7-13-22/h1-15,24,28H,16-20H2. The minimum Gasteiger partial charge on any atom is -0.459 e. The summed E-state index contributed by atoms with van der Waals surface area (Å²) < 4.78 is 5.81. The van der Waals surface area contributed by atoms with Crippen LogP contribution in [-0.4, -0.2) is 34.2 Å². The molecule has 0 aliphatic carbocycles. The summed E-state index contributed by atoms with van der Waals surface area (Å²) in [6.45, 7) is 1.26. The molecule has 2 atom stereocenters. The first-order valence-corrected chi connectivity index (χ1v) is 10.4. The Morgan fingerprint density at radius 1 is 0.867 bits per heavy atom. The van der Waals surface area contributed by atoms with Crippen molar-refractivity contribution in [3.05, 3.63) is 108 Å². The second-order valence-corrected chi connectivity index (χ2v) is 7.98. The highest BCUT2D eigenvalue weighted by Gasteiger charge is 2.52. The molecule has 0 aromatic heterocycles. The number of ether oxygens (including phenoxy) is 1. The van der Waals surface area contributed by atoms with Crippen molar-refractivity contribution < 1.29 is 14.6 Å². The van der Waals surface area contributed by atoms with Crippen molar-refractivity contribution in [2.45, 2.75) is 37.6 Å². The zero-order valence-corrected chi connectivity index (χ0v) is 17.0. The Labute approximate surface area is 177 Å². The number of carbonyl (C=O) groups excluding carboxylic acids is 1. The molecule has 4 rings (SSSR count). The van der Waals surface area contributed by atoms with E-state index in [-0.39, 0.29) is 12.6 Å². The zero-order valence-electron chi connectivity index (χ0n) is 17.0. The van der Waals surface area contributed by atoms with Crippen LogP contribution in [0.15, 0.2) is 91.0 Å². The molecule has 3 aromatic carbocycles. The molecule has 154 valence electrons. The highest BCUT2D eigenvalue weighted by Crippen LogP contribution is 2.36. The van der Waals surface area contributed by atoms with Crippen LogP contribution in [0, 0.1) is 0 Å². The number of hydrogen-bond donors (Lipinski definition) is 1. The summed E-state index contributed by atoms with van der Waals surface area (Å²) in [5.41, 5.74) is 2.22. The Morgan fingerprint density at radius 2 is 1.40 bits per heavy atom. The SMILES string of the molecule is O=C(OCc1ccccc1)C1(Cc2ccccc2)CC(O)CN1Cc1ccccc1. The maximum Gasteiger partial charge on any atom is 0.327 e. The van der Waals surface area contributed by atoms with Gasteiger partial charge in [0.05, 0.1) is 6.10 Å². The number of β-amino-alcohol motifs (C(OH)–C–C–N with tert-alkyl or cyclic N) is 1. The fourth-order valence-electron chi connectivity index (χ4n) is 4.29. The van der Waals surface area contributed by atoms with Crippen molar-refractivity contribution in [1.82, 2.24) is 4.90 Å². The lowest BCUT2D eigenvalue weighted by Gasteiger charge is -2.36. The summed E-state index contributed by atoms with van der Waals surface area (Å²) in [7, 11) is 0. The molecule has 1 aliphatic rings. The molecular formula is C26H27NO3. The molecule has 1 saturated heterocycles. The molecule has 1 heterocycles. The summed E-state index contributed by atoms with van der Waals surface area (Å²) in [5.74, 6) is -0.275. The van der Waals surface area contributed by atoms with Gasteiger partial charge in [0.25, 0.3) is 0 Å². The fraction of sp³-hybridized carbons (Fsp3) is 0.269. The zero-order chi connectivity index (χ0) is 20.8. The number of nitrogens with zero attached hydrogens (tertiary/aromatic N) is 1. The number of rotatable bonds is 7. The summed E-state index contributed by atoms with van der Waals surface area (Å²) in [5, 5.41) is 10.6. The molecule has 0 bridgehead atoms. The number of likely N-dealkylation sites (tertiary alicyclic amines) is 1. The molecular weight excluding hydrogens is 374 g/mol. The van der Waals surface area contributed by atoms with E-state index >= 15 is 0 Å². The van der Waals surface area contributed by atoms with Gasteiger partial charge >= 0.3 is 5.97 Å². The lowest BCUT2D eigenvalue weighted by Crippen LogP contribution is -2.52. The molecule has 1 aliphatic heterocycles. The molecule has 1 fully saturated rings. The first-order valence-electron chi connectivity index (χ1n) is 10.4. The van der Waals surface area contributed by atoms with Crippen LogP contribution >= 0.6 is 0 Å². The largest absolute Gasteiger partial charge is 0.459 e. The van der Waals surface area contributed by atoms with Crippen molar-refractivity contribution in [2.75, 3.05) is 6.54 Å². The summed E-state index contributed by atoms with van der Waals surface area (Å²) in [6, 6.07) is 29.7. The Hall–Kier alpha value is -2.95. The summed E-state index contributed by atoms with van der Waals surface area (Å²) >= 11 is 0. The minimum absolute atomic E-state index is 0.228. The lowest BCUT2D eigenvalue weighted by atomic mass is 9.87. The average molecular weight is 402 g/mol. The fourth-order valence-corrected chi connectivity index (χ4v) is 4.29. The molecule has 0 radical (unpaired) electrons. The molecule has 30 heavy (non-hydrogen) atoms. The van der Waals surface area contributed by atoms with E-state index in [2.05, 4.69) is 4.90 Å². The molecule has 1 N–H and O–H groups in total. The van der Waals surface area contributed by atoms with Gasteiger partial charge < -0.3 is 9.84 Å². The molecule has 3 aromatic rings. The van der Waals surface area contributed by atoms with Crippen LogP contribution in [0.4, 0.5) is 0 Å². The summed E-state index contributed by atoms with van der Waals surface area (Å²) in [6.07, 6.45) is 0.301. The van der Waals surface area contributed by atoms with Crippen molar-refractivity contribution in [3.8, 4) is 0 Å². The van der Waals surface area contributed by atoms with Gasteiger partial charge in [-0.15, -0.1) is 0 Å². The lowest BCUT2D eigenvalue weighted by molar-refractivity contribution is -0.158. The van der Waals surface area contributed by atoms with Crippen molar-refractivity contribution in [2.24, 2.45) is 0 Å². The number of carbonyl (C=O) groups is 1. The number of aliphatic hydroxyl groups excluding tert-OH is 1. The van der Waals surface area contributed by atoms with Gasteiger partial charge in [-0.05, 0) is 16.7 Å². The molecule has 4 nitrogen and oxygen atoms in total. The van der Waals surface area contributed by atoms with E-state index in [1.54, 1.807) is 0 Å². The van der Waals surface area contributed by atoms with E-state index in [9.17, 15) is 9.90 Å². The number of hydrogen-bond acceptors (Lipinski definition) is 4. The van der Waals surface area contributed by atoms with Gasteiger partial charge in [-0.2, -0.15) is 0 Å². The third kappa shape index (κ3) is 4.61. The van der Waals surface area contributed by atoms with Gasteiger partial charge in [0, 0.05) is 25.9 Å². The van der Waals surface area contributed by atoms with Crippen LogP contribution in [0.5, 0.6) is 0 Å². The van der Waals surface area contributed by atoms with E-state index in [0.717, 1.165) is 16.7 Å². The predicted molar refractivity (Wildman–Crippen MR) is 117 cm³/mol. The second-order valence-electron chi connectivity index (χ2n) is 7.98. The monoisotopic (exact) mass is 401 g/mol. The van der Waals surface area contributed by atoms with Crippen molar-refractivity contribution in [1.29, 1.82) is 0 Å². The number of benzene rings is 3. The van der Waals surface area contributed by atoms with Gasteiger partial charge in [0.2, 0.25) is 0 Å².